The van der Waals surface area contributed by atoms with Gasteiger partial charge in [-0.2, -0.15) is 0 Å². The van der Waals surface area contributed by atoms with Gasteiger partial charge in [0, 0.05) is 0 Å². The van der Waals surface area contributed by atoms with E-state index in [2.05, 4.69) is 0 Å². The van der Waals surface area contributed by atoms with Crippen LogP contribution in [0.25, 0.3) is 0 Å². The highest BCUT2D eigenvalue weighted by Gasteiger charge is 2.32. The summed E-state index contributed by atoms with van der Waals surface area (Å²) in [5, 5.41) is 10.2. The first-order chi connectivity index (χ1) is 8.65. The second-order valence-electron chi connectivity index (χ2n) is 4.79. The van der Waals surface area contributed by atoms with Gasteiger partial charge in [0.2, 0.25) is 0 Å². The number of aliphatic hydroxyl groups is 1. The molecule has 1 aromatic rings. The lowest BCUT2D eigenvalue weighted by Crippen LogP contribution is -2.37. The molecule has 19 heavy (non-hydrogen) atoms. The number of carbonyl (C=O) groups excluding carboxylic acids is 1. The number of hydrogen-bond acceptors (Lipinski definition) is 4. The maximum Gasteiger partial charge on any atom is 0.338 e. The number of benzene rings is 1. The smallest absolute Gasteiger partial charge is 0.338 e. The van der Waals surface area contributed by atoms with Gasteiger partial charge in [-0.05, 0) is 30.4 Å². The minimum Gasteiger partial charge on any atom is -0.465 e. The number of ether oxygens (including phenoxy) is 1. The third-order valence-electron chi connectivity index (χ3n) is 3.73. The summed E-state index contributed by atoms with van der Waals surface area (Å²) in [6.07, 6.45) is 2.57. The lowest BCUT2D eigenvalue weighted by molar-refractivity contribution is 0.0404. The average Bonchev–Trinajstić information content (AvgIpc) is 2.34. The van der Waals surface area contributed by atoms with E-state index in [0.717, 1.165) is 19.3 Å². The van der Waals surface area contributed by atoms with Crippen molar-refractivity contribution in [3.8, 4) is 0 Å². The quantitative estimate of drug-likeness (QED) is 0.831. The van der Waals surface area contributed by atoms with Gasteiger partial charge in [-0.25, -0.2) is 4.79 Å². The Bertz CT molecular complexity index is 434. The highest BCUT2D eigenvalue weighted by Crippen LogP contribution is 2.35. The van der Waals surface area contributed by atoms with Crippen LogP contribution in [0, 0.1) is 5.92 Å². The first-order valence-electron chi connectivity index (χ1n) is 6.26. The van der Waals surface area contributed by atoms with Gasteiger partial charge in [-0.15, -0.1) is 12.4 Å². The summed E-state index contributed by atoms with van der Waals surface area (Å²) in [6.45, 7) is 0. The molecule has 0 heterocycles. The normalized spacial score (nSPS) is 17.8. The van der Waals surface area contributed by atoms with Crippen molar-refractivity contribution < 1.29 is 14.6 Å². The minimum atomic E-state index is -0.593. The molecule has 0 bridgehead atoms. The van der Waals surface area contributed by atoms with Crippen LogP contribution in [-0.4, -0.2) is 24.3 Å². The van der Waals surface area contributed by atoms with Crippen molar-refractivity contribution in [3.63, 3.8) is 0 Å². The number of esters is 1. The number of rotatable bonds is 4. The van der Waals surface area contributed by atoms with Crippen molar-refractivity contribution in [2.45, 2.75) is 31.4 Å². The van der Waals surface area contributed by atoms with Crippen LogP contribution in [0.15, 0.2) is 24.3 Å². The fraction of sp³-hybridized carbons (Fsp3) is 0.500. The molecule has 106 valence electrons. The van der Waals surface area contributed by atoms with Crippen LogP contribution in [0.3, 0.4) is 0 Å². The summed E-state index contributed by atoms with van der Waals surface area (Å²) >= 11 is 0. The van der Waals surface area contributed by atoms with Crippen LogP contribution >= 0.6 is 12.4 Å². The SMILES string of the molecule is COC(=O)c1ccccc1[C@H](N)[C@H](O)C1CCC1.Cl. The number of aliphatic hydroxyl groups excluding tert-OH is 1. The van der Waals surface area contributed by atoms with Crippen LogP contribution in [-0.2, 0) is 4.74 Å². The van der Waals surface area contributed by atoms with Gasteiger partial charge in [0.15, 0.2) is 0 Å². The summed E-state index contributed by atoms with van der Waals surface area (Å²) in [5.41, 5.74) is 7.18. The van der Waals surface area contributed by atoms with Crippen LogP contribution in [0.4, 0.5) is 0 Å². The molecule has 0 spiro atoms. The maximum atomic E-state index is 11.7. The average molecular weight is 286 g/mol. The summed E-state index contributed by atoms with van der Waals surface area (Å²) in [7, 11) is 1.34. The summed E-state index contributed by atoms with van der Waals surface area (Å²) in [5.74, 6) is -0.160. The maximum absolute atomic E-state index is 11.7. The standard InChI is InChI=1S/C14H19NO3.ClH/c1-18-14(17)11-8-3-2-7-10(11)12(15)13(16)9-5-4-6-9;/h2-3,7-9,12-13,16H,4-6,15H2,1H3;1H/t12-,13+;/m0./s1. The highest BCUT2D eigenvalue weighted by atomic mass is 35.5. The molecule has 3 N–H and O–H groups in total. The van der Waals surface area contributed by atoms with Gasteiger partial charge in [-0.1, -0.05) is 24.6 Å². The fourth-order valence-corrected chi connectivity index (χ4v) is 2.34. The molecule has 0 unspecified atom stereocenters. The molecule has 1 fully saturated rings. The Kier molecular flexibility index (Phi) is 5.79. The highest BCUT2D eigenvalue weighted by molar-refractivity contribution is 5.91. The Morgan fingerprint density at radius 2 is 2.05 bits per heavy atom. The van der Waals surface area contributed by atoms with Gasteiger partial charge in [0.25, 0.3) is 0 Å². The topological polar surface area (TPSA) is 72.5 Å². The zero-order chi connectivity index (χ0) is 13.1. The molecule has 0 saturated heterocycles. The predicted octanol–water partition coefficient (Wildman–Crippen LogP) is 2.06. The van der Waals surface area contributed by atoms with Crippen LogP contribution < -0.4 is 5.73 Å². The van der Waals surface area contributed by atoms with Crippen LogP contribution in [0.1, 0.15) is 41.2 Å². The van der Waals surface area contributed by atoms with Crippen molar-refractivity contribution in [1.29, 1.82) is 0 Å². The number of hydrogen-bond donors (Lipinski definition) is 2. The molecule has 2 atom stereocenters. The molecule has 1 aliphatic rings. The van der Waals surface area contributed by atoms with Crippen molar-refractivity contribution in [1.82, 2.24) is 0 Å². The van der Waals surface area contributed by atoms with E-state index in [1.807, 2.05) is 6.07 Å². The molecule has 0 amide bonds. The van der Waals surface area contributed by atoms with Crippen LogP contribution in [0.5, 0.6) is 0 Å². The van der Waals surface area contributed by atoms with Gasteiger partial charge < -0.3 is 15.6 Å². The Morgan fingerprint density at radius 1 is 1.42 bits per heavy atom. The number of methoxy groups -OCH3 is 1. The molecule has 2 rings (SSSR count). The molecule has 5 heteroatoms. The number of halogens is 1. The molecule has 1 aromatic carbocycles. The summed E-state index contributed by atoms with van der Waals surface area (Å²) in [6, 6.07) is 6.49. The van der Waals surface area contributed by atoms with Gasteiger partial charge in [0.1, 0.15) is 0 Å². The third kappa shape index (κ3) is 3.26. The molecular formula is C14H20ClNO3. The van der Waals surface area contributed by atoms with E-state index in [4.69, 9.17) is 10.5 Å². The Labute approximate surface area is 119 Å². The zero-order valence-electron chi connectivity index (χ0n) is 10.9. The Morgan fingerprint density at radius 3 is 2.58 bits per heavy atom. The molecule has 0 radical (unpaired) electrons. The second kappa shape index (κ2) is 6.89. The summed E-state index contributed by atoms with van der Waals surface area (Å²) < 4.78 is 4.73. The van der Waals surface area contributed by atoms with Gasteiger partial charge in [-0.3, -0.25) is 0 Å². The summed E-state index contributed by atoms with van der Waals surface area (Å²) in [4.78, 5) is 11.7. The monoisotopic (exact) mass is 285 g/mol. The van der Waals surface area contributed by atoms with E-state index in [1.165, 1.54) is 7.11 Å². The first kappa shape index (κ1) is 16.0. The largest absolute Gasteiger partial charge is 0.465 e. The van der Waals surface area contributed by atoms with Gasteiger partial charge >= 0.3 is 5.97 Å². The Balaban J connectivity index is 0.00000180. The molecular weight excluding hydrogens is 266 g/mol. The molecule has 0 aliphatic heterocycles. The predicted molar refractivity (Wildman–Crippen MR) is 75.3 cm³/mol. The lowest BCUT2D eigenvalue weighted by Gasteiger charge is -2.34. The van der Waals surface area contributed by atoms with E-state index in [1.54, 1.807) is 18.2 Å². The number of carbonyl (C=O) groups is 1. The first-order valence-corrected chi connectivity index (χ1v) is 6.26. The molecule has 1 saturated carbocycles. The van der Waals surface area contributed by atoms with Crippen molar-refractivity contribution >= 4 is 18.4 Å². The van der Waals surface area contributed by atoms with Gasteiger partial charge in [0.05, 0.1) is 24.8 Å². The fourth-order valence-electron chi connectivity index (χ4n) is 2.34. The van der Waals surface area contributed by atoms with Crippen molar-refractivity contribution in [2.24, 2.45) is 11.7 Å². The van der Waals surface area contributed by atoms with Crippen LogP contribution in [0.2, 0.25) is 0 Å². The van der Waals surface area contributed by atoms with E-state index < -0.39 is 18.1 Å². The van der Waals surface area contributed by atoms with E-state index >= 15 is 0 Å². The molecule has 4 nitrogen and oxygen atoms in total. The van der Waals surface area contributed by atoms with E-state index in [-0.39, 0.29) is 18.3 Å². The molecule has 1 aliphatic carbocycles. The third-order valence-corrected chi connectivity index (χ3v) is 3.73. The number of nitrogens with two attached hydrogens (primary N) is 1. The minimum absolute atomic E-state index is 0. The van der Waals surface area contributed by atoms with Crippen molar-refractivity contribution in [2.75, 3.05) is 7.11 Å². The zero-order valence-corrected chi connectivity index (χ0v) is 11.7. The van der Waals surface area contributed by atoms with Crippen molar-refractivity contribution in [3.05, 3.63) is 35.4 Å². The second-order valence-corrected chi connectivity index (χ2v) is 4.79. The molecule has 0 aromatic heterocycles. The Hall–Kier alpha value is -1.10. The van der Waals surface area contributed by atoms with E-state index in [9.17, 15) is 9.90 Å². The lowest BCUT2D eigenvalue weighted by atomic mass is 9.77. The van der Waals surface area contributed by atoms with E-state index in [0.29, 0.717) is 11.1 Å².